The van der Waals surface area contributed by atoms with E-state index in [0.717, 1.165) is 16.9 Å². The zero-order valence-corrected chi connectivity index (χ0v) is 19.2. The van der Waals surface area contributed by atoms with Crippen molar-refractivity contribution in [3.63, 3.8) is 0 Å². The monoisotopic (exact) mass is 465 g/mol. The lowest BCUT2D eigenvalue weighted by molar-refractivity contribution is 0.0609. The summed E-state index contributed by atoms with van der Waals surface area (Å²) in [5, 5.41) is 0.997. The summed E-state index contributed by atoms with van der Waals surface area (Å²) in [6.07, 6.45) is 1.66. The molecule has 0 saturated heterocycles. The fourth-order valence-electron chi connectivity index (χ4n) is 4.22. The Morgan fingerprint density at radius 3 is 2.59 bits per heavy atom. The summed E-state index contributed by atoms with van der Waals surface area (Å²) in [6, 6.07) is 17.5. The maximum absolute atomic E-state index is 13.1. The van der Waals surface area contributed by atoms with Crippen LogP contribution in [-0.4, -0.2) is 17.4 Å². The molecule has 0 bridgehead atoms. The third-order valence-electron chi connectivity index (χ3n) is 6.04. The highest BCUT2D eigenvalue weighted by atomic mass is 35.5. The molecule has 5 rings (SSSR count). The number of benzene rings is 3. The van der Waals surface area contributed by atoms with Gasteiger partial charge in [-0.1, -0.05) is 59.6 Å². The summed E-state index contributed by atoms with van der Waals surface area (Å²) in [7, 11) is 0. The topological polar surface area (TPSA) is 38.8 Å². The predicted molar refractivity (Wildman–Crippen MR) is 126 cm³/mol. The molecular formula is C26H21Cl2NO3. The van der Waals surface area contributed by atoms with Crippen molar-refractivity contribution >= 4 is 35.1 Å². The first-order valence-electron chi connectivity index (χ1n) is 10.4. The Kier molecular flexibility index (Phi) is 5.46. The van der Waals surface area contributed by atoms with Gasteiger partial charge in [-0.3, -0.25) is 9.69 Å². The SMILES string of the molecule is Cc1c2c(cc3c1O/C(=C\c1ccc(Cl)cc1Cl)C3=O)CN(C(C)c1ccccc1)CO2. The minimum absolute atomic E-state index is 0.162. The minimum Gasteiger partial charge on any atom is -0.477 e. The third kappa shape index (κ3) is 3.69. The molecule has 2 aliphatic rings. The molecule has 4 nitrogen and oxygen atoms in total. The number of Topliss-reactive ketones (excluding diaryl/α,β-unsaturated/α-hetero) is 1. The second kappa shape index (κ2) is 8.28. The lowest BCUT2D eigenvalue weighted by Crippen LogP contribution is -2.34. The van der Waals surface area contributed by atoms with Crippen LogP contribution in [0.3, 0.4) is 0 Å². The van der Waals surface area contributed by atoms with Crippen LogP contribution in [0.5, 0.6) is 11.5 Å². The highest BCUT2D eigenvalue weighted by Gasteiger charge is 2.34. The number of fused-ring (bicyclic) bond motifs is 2. The number of carbonyl (C=O) groups is 1. The third-order valence-corrected chi connectivity index (χ3v) is 6.61. The number of hydrogen-bond acceptors (Lipinski definition) is 4. The molecule has 32 heavy (non-hydrogen) atoms. The van der Waals surface area contributed by atoms with E-state index in [1.807, 2.05) is 31.2 Å². The molecule has 0 aliphatic carbocycles. The van der Waals surface area contributed by atoms with Gasteiger partial charge in [-0.25, -0.2) is 0 Å². The van der Waals surface area contributed by atoms with Crippen LogP contribution < -0.4 is 9.47 Å². The van der Waals surface area contributed by atoms with Gasteiger partial charge < -0.3 is 9.47 Å². The lowest BCUT2D eigenvalue weighted by Gasteiger charge is -2.34. The number of nitrogens with zero attached hydrogens (tertiary/aromatic N) is 1. The maximum Gasteiger partial charge on any atom is 0.231 e. The van der Waals surface area contributed by atoms with Gasteiger partial charge in [0.05, 0.1) is 5.56 Å². The summed E-state index contributed by atoms with van der Waals surface area (Å²) in [5.74, 6) is 1.42. The number of ketones is 1. The van der Waals surface area contributed by atoms with E-state index in [1.165, 1.54) is 5.56 Å². The van der Waals surface area contributed by atoms with Crippen LogP contribution in [0.1, 0.15) is 45.6 Å². The fraction of sp³-hybridized carbons (Fsp3) is 0.192. The molecule has 2 aliphatic heterocycles. The van der Waals surface area contributed by atoms with Crippen LogP contribution in [0.25, 0.3) is 6.08 Å². The number of rotatable bonds is 3. The van der Waals surface area contributed by atoms with E-state index in [2.05, 4.69) is 24.0 Å². The van der Waals surface area contributed by atoms with Gasteiger partial charge in [0.15, 0.2) is 5.76 Å². The Hall–Kier alpha value is -2.79. The molecule has 0 radical (unpaired) electrons. The first kappa shape index (κ1) is 21.1. The molecule has 0 saturated carbocycles. The van der Waals surface area contributed by atoms with Gasteiger partial charge in [0.1, 0.15) is 18.2 Å². The molecule has 1 atom stereocenters. The molecule has 0 aromatic heterocycles. The van der Waals surface area contributed by atoms with E-state index >= 15 is 0 Å². The smallest absolute Gasteiger partial charge is 0.231 e. The van der Waals surface area contributed by atoms with Gasteiger partial charge in [0.25, 0.3) is 0 Å². The van der Waals surface area contributed by atoms with E-state index in [0.29, 0.717) is 40.2 Å². The Morgan fingerprint density at radius 2 is 1.84 bits per heavy atom. The molecule has 3 aromatic rings. The van der Waals surface area contributed by atoms with Crippen LogP contribution in [0.4, 0.5) is 0 Å². The molecular weight excluding hydrogens is 445 g/mol. The second-order valence-corrected chi connectivity index (χ2v) is 8.92. The second-order valence-electron chi connectivity index (χ2n) is 8.08. The molecule has 0 N–H and O–H groups in total. The molecule has 1 unspecified atom stereocenters. The zero-order chi connectivity index (χ0) is 22.4. The molecule has 0 spiro atoms. The first-order chi connectivity index (χ1) is 15.4. The molecule has 2 heterocycles. The van der Waals surface area contributed by atoms with Crippen LogP contribution >= 0.6 is 23.2 Å². The minimum atomic E-state index is -0.162. The van der Waals surface area contributed by atoms with Crippen molar-refractivity contribution in [3.05, 3.63) is 98.2 Å². The van der Waals surface area contributed by atoms with Crippen molar-refractivity contribution in [3.8, 4) is 11.5 Å². The highest BCUT2D eigenvalue weighted by Crippen LogP contribution is 2.44. The van der Waals surface area contributed by atoms with Gasteiger partial charge in [-0.2, -0.15) is 0 Å². The Balaban J connectivity index is 1.46. The molecule has 3 aromatic carbocycles. The van der Waals surface area contributed by atoms with E-state index in [1.54, 1.807) is 24.3 Å². The fourth-order valence-corrected chi connectivity index (χ4v) is 4.68. The summed E-state index contributed by atoms with van der Waals surface area (Å²) in [5.41, 5.74) is 4.27. The predicted octanol–water partition coefficient (Wildman–Crippen LogP) is 6.83. The summed E-state index contributed by atoms with van der Waals surface area (Å²) in [6.45, 7) is 5.25. The Morgan fingerprint density at radius 1 is 1.06 bits per heavy atom. The zero-order valence-electron chi connectivity index (χ0n) is 17.7. The van der Waals surface area contributed by atoms with Crippen molar-refractivity contribution < 1.29 is 14.3 Å². The highest BCUT2D eigenvalue weighted by molar-refractivity contribution is 6.35. The molecule has 162 valence electrons. The van der Waals surface area contributed by atoms with Crippen LogP contribution in [0.2, 0.25) is 10.0 Å². The lowest BCUT2D eigenvalue weighted by atomic mass is 9.99. The number of carbonyl (C=O) groups excluding carboxylic acids is 1. The van der Waals surface area contributed by atoms with Gasteiger partial charge in [0, 0.05) is 33.8 Å². The van der Waals surface area contributed by atoms with Gasteiger partial charge in [-0.15, -0.1) is 0 Å². The van der Waals surface area contributed by atoms with Crippen molar-refractivity contribution in [2.24, 2.45) is 0 Å². The average molecular weight is 466 g/mol. The first-order valence-corrected chi connectivity index (χ1v) is 11.2. The standard InChI is InChI=1S/C26H21Cl2NO3/c1-15-25-19(13-29(14-31-25)16(2)17-6-4-3-5-7-17)10-21-24(30)23(32-26(15)21)11-18-8-9-20(27)12-22(18)28/h3-12,16H,13-14H2,1-2H3/b23-11-. The van der Waals surface area contributed by atoms with E-state index in [9.17, 15) is 4.79 Å². The van der Waals surface area contributed by atoms with E-state index in [-0.39, 0.29) is 17.6 Å². The van der Waals surface area contributed by atoms with Crippen molar-refractivity contribution in [1.82, 2.24) is 4.90 Å². The van der Waals surface area contributed by atoms with Gasteiger partial charge in [0.2, 0.25) is 5.78 Å². The number of allylic oxidation sites excluding steroid dienone is 1. The summed E-state index contributed by atoms with van der Waals surface area (Å²) in [4.78, 5) is 15.4. The summed E-state index contributed by atoms with van der Waals surface area (Å²) >= 11 is 12.3. The van der Waals surface area contributed by atoms with Gasteiger partial charge in [-0.05, 0) is 49.2 Å². The van der Waals surface area contributed by atoms with Crippen LogP contribution in [-0.2, 0) is 6.54 Å². The normalized spacial score (nSPS) is 17.5. The van der Waals surface area contributed by atoms with E-state index in [4.69, 9.17) is 32.7 Å². The summed E-state index contributed by atoms with van der Waals surface area (Å²) < 4.78 is 12.1. The van der Waals surface area contributed by atoms with Crippen molar-refractivity contribution in [2.45, 2.75) is 26.4 Å². The Labute approximate surface area is 197 Å². The number of halogens is 2. The largest absolute Gasteiger partial charge is 0.477 e. The van der Waals surface area contributed by atoms with Gasteiger partial charge >= 0.3 is 0 Å². The Bertz CT molecular complexity index is 1250. The maximum atomic E-state index is 13.1. The molecule has 6 heteroatoms. The quantitative estimate of drug-likeness (QED) is 0.397. The van der Waals surface area contributed by atoms with Crippen LogP contribution in [0, 0.1) is 6.92 Å². The van der Waals surface area contributed by atoms with Crippen molar-refractivity contribution in [2.75, 3.05) is 6.73 Å². The number of hydrogen-bond donors (Lipinski definition) is 0. The molecule has 0 amide bonds. The molecule has 0 fully saturated rings. The number of ether oxygens (including phenoxy) is 2. The average Bonchev–Trinajstić information content (AvgIpc) is 3.11. The van der Waals surface area contributed by atoms with Crippen molar-refractivity contribution in [1.29, 1.82) is 0 Å². The van der Waals surface area contributed by atoms with Crippen LogP contribution in [0.15, 0.2) is 60.4 Å². The van der Waals surface area contributed by atoms with E-state index < -0.39 is 0 Å².